The Kier molecular flexibility index (Phi) is 3.71. The van der Waals surface area contributed by atoms with Crippen molar-refractivity contribution in [2.24, 2.45) is 0 Å². The van der Waals surface area contributed by atoms with Crippen LogP contribution < -0.4 is 10.2 Å². The zero-order chi connectivity index (χ0) is 13.2. The molecule has 1 aromatic rings. The highest BCUT2D eigenvalue weighted by molar-refractivity contribution is 5.47. The summed E-state index contributed by atoms with van der Waals surface area (Å²) in [5, 5.41) is 3.51. The predicted molar refractivity (Wildman–Crippen MR) is 76.3 cm³/mol. The lowest BCUT2D eigenvalue weighted by molar-refractivity contribution is -0.00522. The number of anilines is 1. The van der Waals surface area contributed by atoms with Gasteiger partial charge in [0.2, 0.25) is 0 Å². The molecule has 1 aromatic heterocycles. The maximum atomic E-state index is 5.79. The van der Waals surface area contributed by atoms with Crippen molar-refractivity contribution in [3.8, 4) is 0 Å². The molecule has 1 N–H and O–H groups in total. The van der Waals surface area contributed by atoms with E-state index in [0.717, 1.165) is 31.4 Å². The molecule has 104 valence electrons. The van der Waals surface area contributed by atoms with Crippen molar-refractivity contribution in [1.82, 2.24) is 10.3 Å². The fourth-order valence-corrected chi connectivity index (χ4v) is 2.68. The second-order valence-corrected chi connectivity index (χ2v) is 5.82. The topological polar surface area (TPSA) is 37.4 Å². The van der Waals surface area contributed by atoms with Gasteiger partial charge in [-0.15, -0.1) is 0 Å². The van der Waals surface area contributed by atoms with Gasteiger partial charge < -0.3 is 15.0 Å². The molecule has 0 spiro atoms. The Labute approximate surface area is 115 Å². The van der Waals surface area contributed by atoms with Crippen LogP contribution in [0.15, 0.2) is 18.3 Å². The predicted octanol–water partition coefficient (Wildman–Crippen LogP) is 1.95. The minimum Gasteiger partial charge on any atom is -0.372 e. The van der Waals surface area contributed by atoms with Gasteiger partial charge in [-0.2, -0.15) is 0 Å². The lowest BCUT2D eigenvalue weighted by atomic mass is 10.2. The van der Waals surface area contributed by atoms with Crippen molar-refractivity contribution in [1.29, 1.82) is 0 Å². The SMILES string of the molecule is CC1CN(c2ccnc(CNC3CC3)c2)CC(C)O1. The summed E-state index contributed by atoms with van der Waals surface area (Å²) in [5.41, 5.74) is 2.40. The van der Waals surface area contributed by atoms with E-state index in [1.165, 1.54) is 18.5 Å². The van der Waals surface area contributed by atoms with Gasteiger partial charge in [0.15, 0.2) is 0 Å². The molecule has 0 amide bonds. The first kappa shape index (κ1) is 12.9. The van der Waals surface area contributed by atoms with E-state index in [9.17, 15) is 0 Å². The number of morpholine rings is 1. The van der Waals surface area contributed by atoms with Gasteiger partial charge in [-0.1, -0.05) is 0 Å². The van der Waals surface area contributed by atoms with Gasteiger partial charge in [0.1, 0.15) is 0 Å². The first-order valence-corrected chi connectivity index (χ1v) is 7.29. The van der Waals surface area contributed by atoms with Crippen LogP contribution in [-0.2, 0) is 11.3 Å². The Morgan fingerprint density at radius 1 is 1.32 bits per heavy atom. The Morgan fingerprint density at radius 2 is 2.05 bits per heavy atom. The summed E-state index contributed by atoms with van der Waals surface area (Å²) in [5.74, 6) is 0. The van der Waals surface area contributed by atoms with Gasteiger partial charge in [0.05, 0.1) is 17.9 Å². The Morgan fingerprint density at radius 3 is 2.74 bits per heavy atom. The van der Waals surface area contributed by atoms with Crippen molar-refractivity contribution in [3.63, 3.8) is 0 Å². The summed E-state index contributed by atoms with van der Waals surface area (Å²) < 4.78 is 5.79. The largest absolute Gasteiger partial charge is 0.372 e. The van der Waals surface area contributed by atoms with Crippen LogP contribution in [0, 0.1) is 0 Å². The van der Waals surface area contributed by atoms with Gasteiger partial charge in [-0.25, -0.2) is 0 Å². The van der Waals surface area contributed by atoms with Crippen LogP contribution in [0.2, 0.25) is 0 Å². The highest BCUT2D eigenvalue weighted by Gasteiger charge is 2.23. The smallest absolute Gasteiger partial charge is 0.0726 e. The molecule has 0 aromatic carbocycles. The molecule has 19 heavy (non-hydrogen) atoms. The van der Waals surface area contributed by atoms with E-state index in [1.807, 2.05) is 6.20 Å². The van der Waals surface area contributed by atoms with E-state index in [4.69, 9.17) is 4.74 Å². The van der Waals surface area contributed by atoms with E-state index in [2.05, 4.69) is 41.2 Å². The van der Waals surface area contributed by atoms with Crippen LogP contribution in [0.5, 0.6) is 0 Å². The standard InChI is InChI=1S/C15H23N3O/c1-11-9-18(10-12(2)19-11)15-5-6-16-14(7-15)8-17-13-3-4-13/h5-7,11-13,17H,3-4,8-10H2,1-2H3. The van der Waals surface area contributed by atoms with Crippen LogP contribution in [0.25, 0.3) is 0 Å². The molecule has 1 saturated carbocycles. The van der Waals surface area contributed by atoms with Gasteiger partial charge in [0.25, 0.3) is 0 Å². The Bertz CT molecular complexity index is 423. The van der Waals surface area contributed by atoms with Crippen molar-refractivity contribution in [3.05, 3.63) is 24.0 Å². The third-order valence-electron chi connectivity index (χ3n) is 3.73. The molecule has 2 atom stereocenters. The number of ether oxygens (including phenoxy) is 1. The molecule has 2 heterocycles. The third-order valence-corrected chi connectivity index (χ3v) is 3.73. The quantitative estimate of drug-likeness (QED) is 0.899. The second kappa shape index (κ2) is 5.47. The third kappa shape index (κ3) is 3.45. The minimum atomic E-state index is 0.296. The number of hydrogen-bond donors (Lipinski definition) is 1. The van der Waals surface area contributed by atoms with Crippen LogP contribution in [0.3, 0.4) is 0 Å². The number of rotatable bonds is 4. The average Bonchev–Trinajstić information content (AvgIpc) is 3.20. The van der Waals surface area contributed by atoms with Crippen LogP contribution >= 0.6 is 0 Å². The summed E-state index contributed by atoms with van der Waals surface area (Å²) in [6, 6.07) is 5.04. The molecular weight excluding hydrogens is 238 g/mol. The molecule has 4 nitrogen and oxygen atoms in total. The molecule has 2 fully saturated rings. The maximum absolute atomic E-state index is 5.79. The number of hydrogen-bond acceptors (Lipinski definition) is 4. The lowest BCUT2D eigenvalue weighted by Gasteiger charge is -2.36. The molecule has 2 aliphatic rings. The number of aromatic nitrogens is 1. The normalized spacial score (nSPS) is 27.6. The van der Waals surface area contributed by atoms with E-state index in [-0.39, 0.29) is 0 Å². The summed E-state index contributed by atoms with van der Waals surface area (Å²) >= 11 is 0. The summed E-state index contributed by atoms with van der Waals surface area (Å²) in [6.07, 6.45) is 5.15. The van der Waals surface area contributed by atoms with Crippen molar-refractivity contribution < 1.29 is 4.74 Å². The zero-order valence-electron chi connectivity index (χ0n) is 11.8. The fraction of sp³-hybridized carbons (Fsp3) is 0.667. The summed E-state index contributed by atoms with van der Waals surface area (Å²) in [7, 11) is 0. The second-order valence-electron chi connectivity index (χ2n) is 5.82. The van der Waals surface area contributed by atoms with Crippen molar-refractivity contribution >= 4 is 5.69 Å². The molecule has 1 aliphatic carbocycles. The molecule has 1 saturated heterocycles. The van der Waals surface area contributed by atoms with Crippen LogP contribution in [-0.4, -0.2) is 36.3 Å². The Balaban J connectivity index is 1.66. The Hall–Kier alpha value is -1.13. The highest BCUT2D eigenvalue weighted by Crippen LogP contribution is 2.22. The summed E-state index contributed by atoms with van der Waals surface area (Å²) in [4.78, 5) is 6.86. The molecule has 0 radical (unpaired) electrons. The van der Waals surface area contributed by atoms with Gasteiger partial charge in [-0.3, -0.25) is 4.98 Å². The molecule has 4 heteroatoms. The maximum Gasteiger partial charge on any atom is 0.0726 e. The van der Waals surface area contributed by atoms with E-state index >= 15 is 0 Å². The molecule has 1 aliphatic heterocycles. The average molecular weight is 261 g/mol. The number of pyridine rings is 1. The lowest BCUT2D eigenvalue weighted by Crippen LogP contribution is -2.45. The fourth-order valence-electron chi connectivity index (χ4n) is 2.68. The molecular formula is C15H23N3O. The van der Waals surface area contributed by atoms with Gasteiger partial charge >= 0.3 is 0 Å². The van der Waals surface area contributed by atoms with Crippen molar-refractivity contribution in [2.75, 3.05) is 18.0 Å². The monoisotopic (exact) mass is 261 g/mol. The van der Waals surface area contributed by atoms with Crippen LogP contribution in [0.1, 0.15) is 32.4 Å². The van der Waals surface area contributed by atoms with Crippen LogP contribution in [0.4, 0.5) is 5.69 Å². The first-order chi connectivity index (χ1) is 9.20. The zero-order valence-corrected chi connectivity index (χ0v) is 11.8. The van der Waals surface area contributed by atoms with Gasteiger partial charge in [0, 0.05) is 37.6 Å². The first-order valence-electron chi connectivity index (χ1n) is 7.29. The van der Waals surface area contributed by atoms with E-state index in [1.54, 1.807) is 0 Å². The van der Waals surface area contributed by atoms with E-state index < -0.39 is 0 Å². The van der Waals surface area contributed by atoms with Crippen molar-refractivity contribution in [2.45, 2.75) is 51.5 Å². The van der Waals surface area contributed by atoms with Gasteiger partial charge in [-0.05, 0) is 38.8 Å². The number of nitrogens with one attached hydrogen (secondary N) is 1. The molecule has 3 rings (SSSR count). The van der Waals surface area contributed by atoms with E-state index in [0.29, 0.717) is 12.2 Å². The minimum absolute atomic E-state index is 0.296. The molecule has 2 unspecified atom stereocenters. The number of nitrogens with zero attached hydrogens (tertiary/aromatic N) is 2. The summed E-state index contributed by atoms with van der Waals surface area (Å²) in [6.45, 7) is 7.08. The highest BCUT2D eigenvalue weighted by atomic mass is 16.5. The molecule has 0 bridgehead atoms.